The zero-order valence-electron chi connectivity index (χ0n) is 12.1. The Morgan fingerprint density at radius 1 is 1.40 bits per heavy atom. The summed E-state index contributed by atoms with van der Waals surface area (Å²) in [4.78, 5) is 11.8. The van der Waals surface area contributed by atoms with E-state index in [1.54, 1.807) is 13.0 Å². The predicted molar refractivity (Wildman–Crippen MR) is 76.9 cm³/mol. The highest BCUT2D eigenvalue weighted by molar-refractivity contribution is 5.98. The number of aliphatic hydroxyl groups is 1. The normalized spacial score (nSPS) is 15.4. The van der Waals surface area contributed by atoms with E-state index in [4.69, 9.17) is 4.74 Å². The van der Waals surface area contributed by atoms with Crippen molar-refractivity contribution in [3.05, 3.63) is 34.5 Å². The van der Waals surface area contributed by atoms with Crippen LogP contribution in [0, 0.1) is 0 Å². The number of aromatic nitrogens is 1. The highest BCUT2D eigenvalue weighted by atomic mass is 16.5. The summed E-state index contributed by atoms with van der Waals surface area (Å²) in [7, 11) is 3.42. The Morgan fingerprint density at radius 2 is 2.15 bits per heavy atom. The van der Waals surface area contributed by atoms with Crippen LogP contribution in [0.2, 0.25) is 0 Å². The second-order valence-corrected chi connectivity index (χ2v) is 5.47. The van der Waals surface area contributed by atoms with Gasteiger partial charge in [0.15, 0.2) is 0 Å². The van der Waals surface area contributed by atoms with E-state index in [0.717, 1.165) is 35.7 Å². The van der Waals surface area contributed by atoms with Crippen LogP contribution in [0.5, 0.6) is 0 Å². The first-order chi connectivity index (χ1) is 9.54. The van der Waals surface area contributed by atoms with Crippen LogP contribution >= 0.6 is 0 Å². The summed E-state index contributed by atoms with van der Waals surface area (Å²) in [6.07, 6.45) is 2.64. The van der Waals surface area contributed by atoms with Crippen molar-refractivity contribution in [3.8, 4) is 0 Å². The van der Waals surface area contributed by atoms with Gasteiger partial charge in [-0.2, -0.15) is 0 Å². The highest BCUT2D eigenvalue weighted by Gasteiger charge is 2.24. The molecule has 0 spiro atoms. The van der Waals surface area contributed by atoms with Gasteiger partial charge < -0.3 is 14.4 Å². The Kier molecular flexibility index (Phi) is 3.05. The minimum atomic E-state index is -0.615. The third kappa shape index (κ3) is 1.75. The van der Waals surface area contributed by atoms with Gasteiger partial charge in [0.2, 0.25) is 0 Å². The number of nitrogens with zero attached hydrogens (tertiary/aromatic N) is 1. The van der Waals surface area contributed by atoms with E-state index < -0.39 is 6.10 Å². The van der Waals surface area contributed by atoms with Crippen molar-refractivity contribution in [2.24, 2.45) is 7.05 Å². The fourth-order valence-electron chi connectivity index (χ4n) is 3.34. The average Bonchev–Trinajstić information content (AvgIpc) is 3.01. The molecule has 0 fully saturated rings. The van der Waals surface area contributed by atoms with Crippen LogP contribution in [-0.2, 0) is 24.6 Å². The number of benzene rings is 1. The van der Waals surface area contributed by atoms with E-state index in [0.29, 0.717) is 5.56 Å². The predicted octanol–water partition coefficient (Wildman–Crippen LogP) is 2.51. The van der Waals surface area contributed by atoms with Gasteiger partial charge in [-0.1, -0.05) is 0 Å². The minimum Gasteiger partial charge on any atom is -0.465 e. The van der Waals surface area contributed by atoms with Crippen LogP contribution in [-0.4, -0.2) is 22.8 Å². The van der Waals surface area contributed by atoms with Crippen LogP contribution in [0.3, 0.4) is 0 Å². The summed E-state index contributed by atoms with van der Waals surface area (Å²) in [6, 6.07) is 3.64. The van der Waals surface area contributed by atoms with Gasteiger partial charge in [0.1, 0.15) is 0 Å². The van der Waals surface area contributed by atoms with Crippen molar-refractivity contribution >= 4 is 16.9 Å². The van der Waals surface area contributed by atoms with E-state index in [2.05, 4.69) is 4.57 Å². The molecule has 0 saturated heterocycles. The van der Waals surface area contributed by atoms with E-state index >= 15 is 0 Å². The van der Waals surface area contributed by atoms with E-state index in [9.17, 15) is 9.90 Å². The molecular formula is C16H19NO3. The van der Waals surface area contributed by atoms with Gasteiger partial charge in [0.05, 0.1) is 24.3 Å². The molecule has 1 unspecified atom stereocenters. The Hall–Kier alpha value is -1.81. The van der Waals surface area contributed by atoms with Crippen molar-refractivity contribution in [2.75, 3.05) is 7.11 Å². The van der Waals surface area contributed by atoms with Crippen LogP contribution < -0.4 is 0 Å². The molecule has 106 valence electrons. The molecular weight excluding hydrogens is 254 g/mol. The SMILES string of the molecule is COC(=O)c1cc(C(C)O)c2c(c1)c1c(n2C)CCC1. The molecule has 1 aliphatic rings. The number of hydrogen-bond donors (Lipinski definition) is 1. The Morgan fingerprint density at radius 3 is 2.80 bits per heavy atom. The van der Waals surface area contributed by atoms with E-state index in [1.165, 1.54) is 18.4 Å². The van der Waals surface area contributed by atoms with Crippen LogP contribution in [0.15, 0.2) is 12.1 Å². The molecule has 4 nitrogen and oxygen atoms in total. The van der Waals surface area contributed by atoms with Crippen LogP contribution in [0.1, 0.15) is 46.6 Å². The van der Waals surface area contributed by atoms with Gasteiger partial charge in [-0.25, -0.2) is 4.79 Å². The van der Waals surface area contributed by atoms with Gasteiger partial charge in [0.25, 0.3) is 0 Å². The summed E-state index contributed by atoms with van der Waals surface area (Å²) in [5.41, 5.74) is 4.98. The number of ether oxygens (including phenoxy) is 1. The summed E-state index contributed by atoms with van der Waals surface area (Å²) in [5.74, 6) is -0.357. The lowest BCUT2D eigenvalue weighted by atomic mass is 10.0. The molecule has 1 aliphatic carbocycles. The van der Waals surface area contributed by atoms with Gasteiger partial charge in [0, 0.05) is 23.7 Å². The van der Waals surface area contributed by atoms with Gasteiger partial charge in [-0.3, -0.25) is 0 Å². The molecule has 1 N–H and O–H groups in total. The topological polar surface area (TPSA) is 51.5 Å². The number of aliphatic hydroxyl groups excluding tert-OH is 1. The van der Waals surface area contributed by atoms with E-state index in [-0.39, 0.29) is 5.97 Å². The molecule has 0 radical (unpaired) electrons. The maximum atomic E-state index is 11.8. The Labute approximate surface area is 118 Å². The molecule has 0 amide bonds. The Bertz CT molecular complexity index is 698. The number of aryl methyl sites for hydroxylation is 2. The quantitative estimate of drug-likeness (QED) is 0.855. The first kappa shape index (κ1) is 13.2. The molecule has 1 aromatic carbocycles. The number of carbonyl (C=O) groups excluding carboxylic acids is 1. The molecule has 0 aliphatic heterocycles. The number of methoxy groups -OCH3 is 1. The number of carbonyl (C=O) groups is 1. The maximum Gasteiger partial charge on any atom is 0.337 e. The van der Waals surface area contributed by atoms with Crippen molar-refractivity contribution in [1.29, 1.82) is 0 Å². The monoisotopic (exact) mass is 273 g/mol. The highest BCUT2D eigenvalue weighted by Crippen LogP contribution is 2.36. The largest absolute Gasteiger partial charge is 0.465 e. The number of esters is 1. The molecule has 1 atom stereocenters. The lowest BCUT2D eigenvalue weighted by Crippen LogP contribution is -2.05. The van der Waals surface area contributed by atoms with Gasteiger partial charge in [-0.05, 0) is 43.9 Å². The van der Waals surface area contributed by atoms with E-state index in [1.807, 2.05) is 13.1 Å². The van der Waals surface area contributed by atoms with Crippen molar-refractivity contribution < 1.29 is 14.6 Å². The van der Waals surface area contributed by atoms with Crippen LogP contribution in [0.25, 0.3) is 10.9 Å². The molecule has 3 rings (SSSR count). The zero-order chi connectivity index (χ0) is 14.4. The summed E-state index contributed by atoms with van der Waals surface area (Å²) >= 11 is 0. The zero-order valence-corrected chi connectivity index (χ0v) is 12.1. The van der Waals surface area contributed by atoms with Crippen molar-refractivity contribution in [3.63, 3.8) is 0 Å². The molecule has 0 bridgehead atoms. The summed E-state index contributed by atoms with van der Waals surface area (Å²) in [6.45, 7) is 1.73. The molecule has 20 heavy (non-hydrogen) atoms. The second-order valence-electron chi connectivity index (χ2n) is 5.47. The first-order valence-electron chi connectivity index (χ1n) is 6.95. The Balaban J connectivity index is 2.36. The standard InChI is InChI=1S/C16H19NO3/c1-9(18)12-7-10(16(19)20-3)8-13-11-5-4-6-14(11)17(2)15(12)13/h7-9,18H,4-6H2,1-3H3. The fourth-order valence-corrected chi connectivity index (χ4v) is 3.34. The summed E-state index contributed by atoms with van der Waals surface area (Å²) in [5, 5.41) is 11.1. The van der Waals surface area contributed by atoms with Gasteiger partial charge in [-0.15, -0.1) is 0 Å². The molecule has 1 heterocycles. The van der Waals surface area contributed by atoms with Crippen LogP contribution in [0.4, 0.5) is 0 Å². The smallest absolute Gasteiger partial charge is 0.337 e. The maximum absolute atomic E-state index is 11.8. The van der Waals surface area contributed by atoms with Crippen molar-refractivity contribution in [2.45, 2.75) is 32.3 Å². The summed E-state index contributed by atoms with van der Waals surface area (Å²) < 4.78 is 6.99. The molecule has 2 aromatic rings. The lowest BCUT2D eigenvalue weighted by Gasteiger charge is -2.12. The fraction of sp³-hybridized carbons (Fsp3) is 0.438. The van der Waals surface area contributed by atoms with Crippen molar-refractivity contribution in [1.82, 2.24) is 4.57 Å². The third-order valence-corrected chi connectivity index (χ3v) is 4.26. The lowest BCUT2D eigenvalue weighted by molar-refractivity contribution is 0.0600. The third-order valence-electron chi connectivity index (χ3n) is 4.26. The molecule has 4 heteroatoms. The van der Waals surface area contributed by atoms with Gasteiger partial charge >= 0.3 is 5.97 Å². The first-order valence-corrected chi connectivity index (χ1v) is 6.95. The molecule has 1 aromatic heterocycles. The number of fused-ring (bicyclic) bond motifs is 3. The minimum absolute atomic E-state index is 0.357. The number of rotatable bonds is 2. The molecule has 0 saturated carbocycles. The number of hydrogen-bond acceptors (Lipinski definition) is 3. The average molecular weight is 273 g/mol. The second kappa shape index (κ2) is 4.63.